The highest BCUT2D eigenvalue weighted by Gasteiger charge is 2.66. The number of hydrogen-bond donors (Lipinski definition) is 1. The van der Waals surface area contributed by atoms with Crippen molar-refractivity contribution in [3.05, 3.63) is 48.0 Å². The fourth-order valence-corrected chi connectivity index (χ4v) is 2.26. The molecule has 1 N–H and O–H groups in total. The highest BCUT2D eigenvalue weighted by atomic mass is 32.2. The molecule has 10 heteroatoms. The average molecular weight is 366 g/mol. The number of ether oxygens (including phenoxy) is 1. The number of carbonyl (C=O) groups is 1. The van der Waals surface area contributed by atoms with Gasteiger partial charge < -0.3 is 4.74 Å². The van der Waals surface area contributed by atoms with Crippen molar-refractivity contribution in [2.75, 3.05) is 0 Å². The molecule has 0 bridgehead atoms. The molecule has 0 saturated carbocycles. The van der Waals surface area contributed by atoms with E-state index in [1.54, 1.807) is 36.4 Å². The number of esters is 1. The molecule has 0 aliphatic heterocycles. The minimum Gasteiger partial charge on any atom is -0.457 e. The van der Waals surface area contributed by atoms with E-state index in [1.165, 1.54) is 6.07 Å². The lowest BCUT2D eigenvalue weighted by Crippen LogP contribution is -2.46. The van der Waals surface area contributed by atoms with Crippen molar-refractivity contribution < 1.29 is 41.7 Å². The molecule has 2 rings (SSSR count). The Hall–Kier alpha value is -1.88. The molecule has 130 valence electrons. The molecule has 0 aliphatic rings. The quantitative estimate of drug-likeness (QED) is 0.272. The van der Waals surface area contributed by atoms with Gasteiger partial charge >= 0.3 is 17.1 Å². The molecule has 0 spiro atoms. The van der Waals surface area contributed by atoms with Gasteiger partial charge in [-0.2, -0.15) is 13.2 Å². The van der Waals surface area contributed by atoms with Crippen molar-refractivity contribution in [3.8, 4) is 0 Å². The Bertz CT molecular complexity index is 718. The van der Waals surface area contributed by atoms with Gasteiger partial charge in [0.15, 0.2) is 0 Å². The minimum atomic E-state index is -5.65. The average Bonchev–Trinajstić information content (AvgIpc) is 2.56. The van der Waals surface area contributed by atoms with E-state index in [1.807, 2.05) is 0 Å². The molecule has 1 atom stereocenters. The lowest BCUT2D eigenvalue weighted by atomic mass is 10.1. The smallest absolute Gasteiger partial charge is 0.446 e. The van der Waals surface area contributed by atoms with Gasteiger partial charge in [-0.1, -0.05) is 47.5 Å². The third-order valence-corrected chi connectivity index (χ3v) is 3.80. The zero-order valence-electron chi connectivity index (χ0n) is 11.7. The lowest BCUT2D eigenvalue weighted by molar-refractivity contribution is -0.433. The molecular weight excluding hydrogens is 356 g/mol. The van der Waals surface area contributed by atoms with Crippen LogP contribution in [0, 0.1) is 0 Å². The summed E-state index contributed by atoms with van der Waals surface area (Å²) in [4.78, 5) is 11.6. The van der Waals surface area contributed by atoms with Crippen LogP contribution in [0.4, 0.5) is 17.6 Å². The van der Waals surface area contributed by atoms with Gasteiger partial charge in [0.25, 0.3) is 0 Å². The van der Waals surface area contributed by atoms with Gasteiger partial charge in [-0.05, 0) is 16.3 Å². The second-order valence-corrected chi connectivity index (χ2v) is 5.40. The van der Waals surface area contributed by atoms with Crippen molar-refractivity contribution >= 4 is 28.8 Å². The van der Waals surface area contributed by atoms with Crippen molar-refractivity contribution in [2.45, 2.75) is 17.8 Å². The molecule has 0 saturated heterocycles. The predicted octanol–water partition coefficient (Wildman–Crippen LogP) is 4.18. The highest BCUT2D eigenvalue weighted by molar-refractivity contribution is 7.96. The van der Waals surface area contributed by atoms with Crippen molar-refractivity contribution in [2.24, 2.45) is 0 Å². The Morgan fingerprint density at radius 2 is 1.75 bits per heavy atom. The molecule has 0 amide bonds. The summed E-state index contributed by atoms with van der Waals surface area (Å²) >= 11 is -1.06. The summed E-state index contributed by atoms with van der Waals surface area (Å²) in [6.45, 7) is -0.581. The topological polar surface area (TPSA) is 65.0 Å². The number of benzene rings is 2. The Morgan fingerprint density at radius 3 is 2.42 bits per heavy atom. The zero-order chi connectivity index (χ0) is 17.8. The second-order valence-electron chi connectivity index (χ2n) is 4.53. The molecule has 1 unspecified atom stereocenters. The monoisotopic (exact) mass is 366 g/mol. The predicted molar refractivity (Wildman–Crippen MR) is 76.0 cm³/mol. The Kier molecular flexibility index (Phi) is 5.65. The van der Waals surface area contributed by atoms with Crippen LogP contribution >= 0.6 is 12.0 Å². The summed E-state index contributed by atoms with van der Waals surface area (Å²) in [6.07, 6.45) is -5.65. The van der Waals surface area contributed by atoms with Gasteiger partial charge in [0.2, 0.25) is 0 Å². The zero-order valence-corrected chi connectivity index (χ0v) is 12.6. The van der Waals surface area contributed by atoms with Crippen LogP contribution in [0.15, 0.2) is 42.5 Å². The van der Waals surface area contributed by atoms with Crippen LogP contribution in [0.25, 0.3) is 10.8 Å². The minimum absolute atomic E-state index is 0.398. The number of halogens is 4. The molecule has 5 nitrogen and oxygen atoms in total. The van der Waals surface area contributed by atoms with E-state index in [0.29, 0.717) is 10.9 Å². The van der Waals surface area contributed by atoms with Gasteiger partial charge in [0.1, 0.15) is 6.61 Å². The van der Waals surface area contributed by atoms with Crippen molar-refractivity contribution in [1.82, 2.24) is 0 Å². The van der Waals surface area contributed by atoms with E-state index in [4.69, 9.17) is 5.26 Å². The van der Waals surface area contributed by atoms with E-state index in [-0.39, 0.29) is 0 Å². The lowest BCUT2D eigenvalue weighted by Gasteiger charge is -2.23. The maximum Gasteiger partial charge on any atom is 0.446 e. The summed E-state index contributed by atoms with van der Waals surface area (Å²) in [5.74, 6) is -2.23. The van der Waals surface area contributed by atoms with Gasteiger partial charge in [0, 0.05) is 0 Å². The molecular formula is C14H10F4O5S. The van der Waals surface area contributed by atoms with E-state index in [0.717, 1.165) is 5.39 Å². The number of rotatable bonds is 6. The van der Waals surface area contributed by atoms with Gasteiger partial charge in [-0.25, -0.2) is 14.4 Å². The number of hydrogen-bond acceptors (Lipinski definition) is 6. The van der Waals surface area contributed by atoms with E-state index < -0.39 is 35.8 Å². The first-order chi connectivity index (χ1) is 11.3. The standard InChI is InChI=1S/C14H10F4O5S/c15-13(14(16,17)18,24-23-22-20)12(19)21-8-10-6-3-5-9-4-1-2-7-11(9)10/h1-7,20H,8H2. The molecule has 0 aromatic heterocycles. The molecule has 0 heterocycles. The van der Waals surface area contributed by atoms with Crippen LogP contribution in [0.5, 0.6) is 0 Å². The maximum absolute atomic E-state index is 13.9. The summed E-state index contributed by atoms with van der Waals surface area (Å²) in [5, 5.41) is 7.66. The summed E-state index contributed by atoms with van der Waals surface area (Å²) in [7, 11) is 0. The van der Waals surface area contributed by atoms with Crippen LogP contribution in [0.3, 0.4) is 0 Å². The van der Waals surface area contributed by atoms with E-state index >= 15 is 0 Å². The molecule has 0 radical (unpaired) electrons. The first-order valence-corrected chi connectivity index (χ1v) is 7.09. The van der Waals surface area contributed by atoms with Crippen LogP contribution in [0.1, 0.15) is 5.56 Å². The largest absolute Gasteiger partial charge is 0.457 e. The van der Waals surface area contributed by atoms with Crippen molar-refractivity contribution in [3.63, 3.8) is 0 Å². The van der Waals surface area contributed by atoms with Gasteiger partial charge in [-0.15, -0.1) is 4.33 Å². The first kappa shape index (κ1) is 18.5. The second kappa shape index (κ2) is 7.34. The summed E-state index contributed by atoms with van der Waals surface area (Å²) in [5.41, 5.74) is 0.398. The normalized spacial score (nSPS) is 14.4. The Labute approximate surface area is 137 Å². The highest BCUT2D eigenvalue weighted by Crippen LogP contribution is 2.44. The molecule has 2 aromatic rings. The van der Waals surface area contributed by atoms with E-state index in [9.17, 15) is 22.4 Å². The molecule has 2 aromatic carbocycles. The fourth-order valence-electron chi connectivity index (χ4n) is 1.91. The molecule has 0 aliphatic carbocycles. The van der Waals surface area contributed by atoms with Crippen LogP contribution in [0.2, 0.25) is 0 Å². The van der Waals surface area contributed by atoms with Gasteiger partial charge in [0.05, 0.1) is 12.0 Å². The third kappa shape index (κ3) is 3.78. The number of carbonyl (C=O) groups excluding carboxylic acids is 1. The number of fused-ring (bicyclic) bond motifs is 1. The third-order valence-electron chi connectivity index (χ3n) is 3.05. The molecule has 0 fully saturated rings. The maximum atomic E-state index is 13.9. The first-order valence-electron chi connectivity index (χ1n) is 6.35. The van der Waals surface area contributed by atoms with Gasteiger partial charge in [-0.3, -0.25) is 0 Å². The molecule has 24 heavy (non-hydrogen) atoms. The Morgan fingerprint density at radius 1 is 1.08 bits per heavy atom. The fraction of sp³-hybridized carbons (Fsp3) is 0.214. The summed E-state index contributed by atoms with van der Waals surface area (Å²) < 4.78 is 60.1. The van der Waals surface area contributed by atoms with Crippen molar-refractivity contribution in [1.29, 1.82) is 0 Å². The summed E-state index contributed by atoms with van der Waals surface area (Å²) in [6, 6.07) is 11.8. The SMILES string of the molecule is O=C(OCc1cccc2ccccc12)C(F)(SOOO)C(F)(F)F. The van der Waals surface area contributed by atoms with Crippen LogP contribution in [-0.4, -0.2) is 22.4 Å². The Balaban J connectivity index is 2.18. The van der Waals surface area contributed by atoms with E-state index in [2.05, 4.69) is 14.1 Å². The number of alkyl halides is 4. The van der Waals surface area contributed by atoms with Crippen LogP contribution < -0.4 is 0 Å². The van der Waals surface area contributed by atoms with Crippen LogP contribution in [-0.2, 0) is 25.5 Å².